The number of ether oxygens (including phenoxy) is 1. The van der Waals surface area contributed by atoms with E-state index in [4.69, 9.17) is 10.5 Å². The lowest BCUT2D eigenvalue weighted by Gasteiger charge is -2.07. The Bertz CT molecular complexity index is 469. The number of primary amides is 1. The average molecular weight is 235 g/mol. The summed E-state index contributed by atoms with van der Waals surface area (Å²) in [4.78, 5) is 26.4. The fraction of sp³-hybridized carbons (Fsp3) is 0.364. The number of aromatic nitrogens is 1. The summed E-state index contributed by atoms with van der Waals surface area (Å²) in [5.41, 5.74) is 5.30. The highest BCUT2D eigenvalue weighted by molar-refractivity contribution is 5.96. The van der Waals surface area contributed by atoms with Gasteiger partial charge in [0.1, 0.15) is 17.1 Å². The number of hydrogen-bond donors (Lipinski definition) is 2. The van der Waals surface area contributed by atoms with Crippen LogP contribution in [0.25, 0.3) is 0 Å². The van der Waals surface area contributed by atoms with Gasteiger partial charge in [-0.1, -0.05) is 0 Å². The first-order valence-electron chi connectivity index (χ1n) is 5.31. The van der Waals surface area contributed by atoms with E-state index in [0.717, 1.165) is 12.8 Å². The van der Waals surface area contributed by atoms with E-state index < -0.39 is 5.91 Å². The van der Waals surface area contributed by atoms with E-state index in [-0.39, 0.29) is 23.4 Å². The molecule has 2 amide bonds. The Morgan fingerprint density at radius 2 is 2.06 bits per heavy atom. The van der Waals surface area contributed by atoms with Gasteiger partial charge >= 0.3 is 0 Å². The topological polar surface area (TPSA) is 94.3 Å². The summed E-state index contributed by atoms with van der Waals surface area (Å²) < 4.78 is 5.52. The SMILES string of the molecule is CNC(=O)c1cc(OC2CC2)cc(C(N)=O)n1. The van der Waals surface area contributed by atoms with Gasteiger partial charge in [0.15, 0.2) is 0 Å². The quantitative estimate of drug-likeness (QED) is 0.772. The van der Waals surface area contributed by atoms with Crippen molar-refractivity contribution in [2.45, 2.75) is 18.9 Å². The van der Waals surface area contributed by atoms with Crippen molar-refractivity contribution in [2.75, 3.05) is 7.05 Å². The van der Waals surface area contributed by atoms with Crippen LogP contribution in [0.3, 0.4) is 0 Å². The van der Waals surface area contributed by atoms with Gasteiger partial charge in [-0.3, -0.25) is 9.59 Å². The van der Waals surface area contributed by atoms with Gasteiger partial charge < -0.3 is 15.8 Å². The van der Waals surface area contributed by atoms with Crippen molar-refractivity contribution in [3.8, 4) is 5.75 Å². The van der Waals surface area contributed by atoms with Crippen molar-refractivity contribution >= 4 is 11.8 Å². The molecule has 0 aliphatic heterocycles. The predicted octanol–water partition coefficient (Wildman–Crippen LogP) is 0.0813. The highest BCUT2D eigenvalue weighted by Gasteiger charge is 2.24. The van der Waals surface area contributed by atoms with Crippen molar-refractivity contribution in [1.82, 2.24) is 10.3 Å². The molecular formula is C11H13N3O3. The minimum absolute atomic E-state index is 0.0294. The van der Waals surface area contributed by atoms with Crippen LogP contribution in [-0.4, -0.2) is 29.9 Å². The molecule has 2 rings (SSSR count). The van der Waals surface area contributed by atoms with E-state index in [9.17, 15) is 9.59 Å². The number of hydrogen-bond acceptors (Lipinski definition) is 4. The number of nitrogens with one attached hydrogen (secondary N) is 1. The van der Waals surface area contributed by atoms with Crippen molar-refractivity contribution in [3.63, 3.8) is 0 Å². The maximum absolute atomic E-state index is 11.5. The van der Waals surface area contributed by atoms with Crippen LogP contribution < -0.4 is 15.8 Å². The lowest BCUT2D eigenvalue weighted by Crippen LogP contribution is -2.22. The second-order valence-corrected chi connectivity index (χ2v) is 3.83. The van der Waals surface area contributed by atoms with E-state index in [1.807, 2.05) is 0 Å². The van der Waals surface area contributed by atoms with Gasteiger partial charge in [0.25, 0.3) is 11.8 Å². The van der Waals surface area contributed by atoms with Crippen LogP contribution in [-0.2, 0) is 0 Å². The number of carbonyl (C=O) groups is 2. The van der Waals surface area contributed by atoms with E-state index in [0.29, 0.717) is 5.75 Å². The summed E-state index contributed by atoms with van der Waals surface area (Å²) in [7, 11) is 1.49. The van der Waals surface area contributed by atoms with Crippen LogP contribution >= 0.6 is 0 Å². The zero-order valence-corrected chi connectivity index (χ0v) is 9.40. The van der Waals surface area contributed by atoms with Crippen molar-refractivity contribution < 1.29 is 14.3 Å². The molecule has 0 aromatic carbocycles. The Hall–Kier alpha value is -2.11. The molecule has 1 heterocycles. The second-order valence-electron chi connectivity index (χ2n) is 3.83. The predicted molar refractivity (Wildman–Crippen MR) is 59.8 cm³/mol. The molecule has 1 aliphatic rings. The zero-order chi connectivity index (χ0) is 12.4. The standard InChI is InChI=1S/C11H13N3O3/c1-13-11(16)9-5-7(17-6-2-3-6)4-8(14-9)10(12)15/h4-6H,2-3H2,1H3,(H2,12,15)(H,13,16). The van der Waals surface area contributed by atoms with Crippen LogP contribution in [0, 0.1) is 0 Å². The number of amides is 2. The first-order valence-corrected chi connectivity index (χ1v) is 5.31. The second kappa shape index (κ2) is 4.40. The molecule has 1 aliphatic carbocycles. The average Bonchev–Trinajstić information content (AvgIpc) is 3.11. The van der Waals surface area contributed by atoms with Gasteiger partial charge in [-0.2, -0.15) is 0 Å². The molecule has 1 aromatic rings. The maximum atomic E-state index is 11.5. The van der Waals surface area contributed by atoms with Crippen LogP contribution in [0.4, 0.5) is 0 Å². The summed E-state index contributed by atoms with van der Waals surface area (Å²) in [5.74, 6) is -0.611. The molecule has 6 nitrogen and oxygen atoms in total. The Labute approximate surface area is 98.2 Å². The highest BCUT2D eigenvalue weighted by Crippen LogP contribution is 2.27. The molecule has 6 heteroatoms. The lowest BCUT2D eigenvalue weighted by molar-refractivity contribution is 0.0957. The third-order valence-electron chi connectivity index (χ3n) is 2.34. The summed E-state index contributed by atoms with van der Waals surface area (Å²) in [5, 5.41) is 2.43. The Balaban J connectivity index is 2.33. The van der Waals surface area contributed by atoms with Crippen molar-refractivity contribution in [1.29, 1.82) is 0 Å². The molecule has 1 saturated carbocycles. The molecule has 0 spiro atoms. The van der Waals surface area contributed by atoms with Crippen LogP contribution in [0.2, 0.25) is 0 Å². The number of carbonyl (C=O) groups excluding carboxylic acids is 2. The molecule has 0 saturated heterocycles. The van der Waals surface area contributed by atoms with Crippen LogP contribution in [0.15, 0.2) is 12.1 Å². The summed E-state index contributed by atoms with van der Waals surface area (Å²) in [6.45, 7) is 0. The van der Waals surface area contributed by atoms with Gasteiger partial charge in [0, 0.05) is 19.2 Å². The Morgan fingerprint density at radius 1 is 1.41 bits per heavy atom. The highest BCUT2D eigenvalue weighted by atomic mass is 16.5. The van der Waals surface area contributed by atoms with E-state index in [1.165, 1.54) is 19.2 Å². The zero-order valence-electron chi connectivity index (χ0n) is 9.40. The van der Waals surface area contributed by atoms with E-state index >= 15 is 0 Å². The molecule has 0 radical (unpaired) electrons. The minimum atomic E-state index is -0.684. The van der Waals surface area contributed by atoms with Gasteiger partial charge in [0.05, 0.1) is 6.10 Å². The Morgan fingerprint density at radius 3 is 2.59 bits per heavy atom. The molecule has 90 valence electrons. The molecule has 0 bridgehead atoms. The third kappa shape index (κ3) is 2.72. The molecule has 1 fully saturated rings. The van der Waals surface area contributed by atoms with Crippen molar-refractivity contribution in [2.24, 2.45) is 5.73 Å². The normalized spacial score (nSPS) is 14.2. The molecule has 1 aromatic heterocycles. The maximum Gasteiger partial charge on any atom is 0.269 e. The molecular weight excluding hydrogens is 222 g/mol. The van der Waals surface area contributed by atoms with Gasteiger partial charge in [-0.15, -0.1) is 0 Å². The van der Waals surface area contributed by atoms with Crippen molar-refractivity contribution in [3.05, 3.63) is 23.5 Å². The number of pyridine rings is 1. The van der Waals surface area contributed by atoms with Gasteiger partial charge in [-0.05, 0) is 12.8 Å². The molecule has 0 unspecified atom stereocenters. The first kappa shape index (κ1) is 11.4. The smallest absolute Gasteiger partial charge is 0.269 e. The lowest BCUT2D eigenvalue weighted by atomic mass is 10.2. The van der Waals surface area contributed by atoms with Gasteiger partial charge in [-0.25, -0.2) is 4.98 Å². The fourth-order valence-corrected chi connectivity index (χ4v) is 1.32. The van der Waals surface area contributed by atoms with Crippen LogP contribution in [0.5, 0.6) is 5.75 Å². The molecule has 3 N–H and O–H groups in total. The first-order chi connectivity index (χ1) is 8.10. The van der Waals surface area contributed by atoms with Crippen LogP contribution in [0.1, 0.15) is 33.8 Å². The number of rotatable bonds is 4. The Kier molecular flexibility index (Phi) is 2.95. The van der Waals surface area contributed by atoms with E-state index in [1.54, 1.807) is 0 Å². The third-order valence-corrected chi connectivity index (χ3v) is 2.34. The number of nitrogens with two attached hydrogens (primary N) is 1. The monoisotopic (exact) mass is 235 g/mol. The number of nitrogens with zero attached hydrogens (tertiary/aromatic N) is 1. The largest absolute Gasteiger partial charge is 0.490 e. The summed E-state index contributed by atoms with van der Waals surface area (Å²) in [6, 6.07) is 2.96. The minimum Gasteiger partial charge on any atom is -0.490 e. The van der Waals surface area contributed by atoms with E-state index in [2.05, 4.69) is 10.3 Å². The van der Waals surface area contributed by atoms with Gasteiger partial charge in [0.2, 0.25) is 0 Å². The summed E-state index contributed by atoms with van der Waals surface area (Å²) in [6.07, 6.45) is 2.16. The molecule has 17 heavy (non-hydrogen) atoms. The molecule has 0 atom stereocenters. The fourth-order valence-electron chi connectivity index (χ4n) is 1.32. The summed E-state index contributed by atoms with van der Waals surface area (Å²) >= 11 is 0.